The molecule has 3 aromatic carbocycles. The van der Waals surface area contributed by atoms with Crippen LogP contribution in [0, 0.1) is 0 Å². The van der Waals surface area contributed by atoms with Crippen molar-refractivity contribution in [3.63, 3.8) is 0 Å². The highest BCUT2D eigenvalue weighted by molar-refractivity contribution is 5.91. The zero-order valence-electron chi connectivity index (χ0n) is 18.0. The van der Waals surface area contributed by atoms with Crippen molar-refractivity contribution in [1.29, 1.82) is 0 Å². The summed E-state index contributed by atoms with van der Waals surface area (Å²) < 4.78 is 11.2. The number of hydrogen-bond donors (Lipinski definition) is 1. The molecule has 1 N–H and O–H groups in total. The second kappa shape index (κ2) is 11.8. The third-order valence-electron chi connectivity index (χ3n) is 5.12. The number of phenols is 1. The van der Waals surface area contributed by atoms with Crippen molar-refractivity contribution in [2.45, 2.75) is 45.4 Å². The zero-order chi connectivity index (χ0) is 21.9. The number of carbonyl (C=O) groups is 1. The molecule has 4 heteroatoms. The van der Waals surface area contributed by atoms with E-state index < -0.39 is 5.97 Å². The number of hydrogen-bond acceptors (Lipinski definition) is 4. The zero-order valence-corrected chi connectivity index (χ0v) is 18.0. The molecule has 0 unspecified atom stereocenters. The van der Waals surface area contributed by atoms with Gasteiger partial charge in [-0.2, -0.15) is 0 Å². The predicted octanol–water partition coefficient (Wildman–Crippen LogP) is 7.02. The summed E-state index contributed by atoms with van der Waals surface area (Å²) in [7, 11) is 0. The number of unbranched alkanes of at least 4 members (excludes halogenated alkanes) is 5. The lowest BCUT2D eigenvalue weighted by molar-refractivity contribution is 0.0734. The third-order valence-corrected chi connectivity index (χ3v) is 5.12. The number of rotatable bonds is 11. The highest BCUT2D eigenvalue weighted by Crippen LogP contribution is 2.23. The van der Waals surface area contributed by atoms with E-state index >= 15 is 0 Å². The minimum Gasteiger partial charge on any atom is -0.508 e. The van der Waals surface area contributed by atoms with E-state index in [1.807, 2.05) is 36.4 Å². The minimum atomic E-state index is -0.405. The second-order valence-electron chi connectivity index (χ2n) is 7.60. The molecular formula is C27H30O4. The van der Waals surface area contributed by atoms with Crippen LogP contribution in [0.25, 0.3) is 11.1 Å². The van der Waals surface area contributed by atoms with Crippen molar-refractivity contribution in [1.82, 2.24) is 0 Å². The topological polar surface area (TPSA) is 55.8 Å². The quantitative estimate of drug-likeness (QED) is 0.207. The molecule has 0 fully saturated rings. The molecule has 0 atom stereocenters. The Bertz CT molecular complexity index is 928. The molecule has 162 valence electrons. The first-order chi connectivity index (χ1) is 15.2. The van der Waals surface area contributed by atoms with Gasteiger partial charge in [0.25, 0.3) is 0 Å². The van der Waals surface area contributed by atoms with Gasteiger partial charge in [-0.25, -0.2) is 4.79 Å². The van der Waals surface area contributed by atoms with Crippen molar-refractivity contribution in [3.8, 4) is 28.4 Å². The van der Waals surface area contributed by atoms with Crippen molar-refractivity contribution >= 4 is 5.97 Å². The van der Waals surface area contributed by atoms with Crippen LogP contribution in [0.5, 0.6) is 17.2 Å². The molecule has 0 saturated heterocycles. The lowest BCUT2D eigenvalue weighted by Crippen LogP contribution is -2.08. The van der Waals surface area contributed by atoms with Crippen LogP contribution in [0.1, 0.15) is 55.8 Å². The van der Waals surface area contributed by atoms with E-state index in [9.17, 15) is 9.90 Å². The third kappa shape index (κ3) is 7.18. The van der Waals surface area contributed by atoms with Crippen molar-refractivity contribution in [3.05, 3.63) is 78.4 Å². The molecule has 0 radical (unpaired) electrons. The van der Waals surface area contributed by atoms with E-state index in [2.05, 4.69) is 6.92 Å². The highest BCUT2D eigenvalue weighted by Gasteiger charge is 2.09. The first-order valence-corrected chi connectivity index (χ1v) is 11.0. The SMILES string of the molecule is CCCCCCCCOc1ccc(OC(=O)c2ccc(-c3ccc(O)cc3)cc2)cc1. The number of benzene rings is 3. The van der Waals surface area contributed by atoms with Crippen LogP contribution in [0.4, 0.5) is 0 Å². The van der Waals surface area contributed by atoms with Gasteiger partial charge in [-0.05, 0) is 66.1 Å². The smallest absolute Gasteiger partial charge is 0.343 e. The van der Waals surface area contributed by atoms with Crippen LogP contribution in [0.2, 0.25) is 0 Å². The van der Waals surface area contributed by atoms with E-state index in [-0.39, 0.29) is 5.75 Å². The fraction of sp³-hybridized carbons (Fsp3) is 0.296. The number of phenolic OH excluding ortho intramolecular Hbond substituents is 1. The van der Waals surface area contributed by atoms with Crippen LogP contribution in [0.3, 0.4) is 0 Å². The molecule has 0 aliphatic carbocycles. The average molecular weight is 419 g/mol. The molecule has 0 aliphatic rings. The summed E-state index contributed by atoms with van der Waals surface area (Å²) in [5.74, 6) is 1.09. The van der Waals surface area contributed by atoms with Crippen molar-refractivity contribution < 1.29 is 19.4 Å². The second-order valence-corrected chi connectivity index (χ2v) is 7.60. The van der Waals surface area contributed by atoms with E-state index in [0.717, 1.165) is 23.3 Å². The molecule has 0 aliphatic heterocycles. The molecule has 0 heterocycles. The lowest BCUT2D eigenvalue weighted by atomic mass is 10.0. The fourth-order valence-electron chi connectivity index (χ4n) is 3.29. The van der Waals surface area contributed by atoms with Crippen LogP contribution >= 0.6 is 0 Å². The summed E-state index contributed by atoms with van der Waals surface area (Å²) >= 11 is 0. The van der Waals surface area contributed by atoms with Crippen LogP contribution < -0.4 is 9.47 Å². The Kier molecular flexibility index (Phi) is 8.53. The Labute approximate surface area is 184 Å². The fourth-order valence-corrected chi connectivity index (χ4v) is 3.29. The van der Waals surface area contributed by atoms with E-state index in [0.29, 0.717) is 17.9 Å². The first kappa shape index (κ1) is 22.4. The van der Waals surface area contributed by atoms with Gasteiger partial charge in [0.15, 0.2) is 0 Å². The Morgan fingerprint density at radius 2 is 1.26 bits per heavy atom. The van der Waals surface area contributed by atoms with Gasteiger partial charge in [-0.1, -0.05) is 63.3 Å². The number of aromatic hydroxyl groups is 1. The van der Waals surface area contributed by atoms with Gasteiger partial charge in [-0.3, -0.25) is 0 Å². The molecule has 0 aromatic heterocycles. The number of esters is 1. The average Bonchev–Trinajstić information content (AvgIpc) is 2.80. The van der Waals surface area contributed by atoms with Gasteiger partial charge in [0.05, 0.1) is 12.2 Å². The normalized spacial score (nSPS) is 10.6. The summed E-state index contributed by atoms with van der Waals surface area (Å²) in [6.07, 6.45) is 7.39. The molecule has 0 saturated carbocycles. The molecule has 0 spiro atoms. The van der Waals surface area contributed by atoms with Crippen LogP contribution in [-0.2, 0) is 0 Å². The van der Waals surface area contributed by atoms with Crippen LogP contribution in [0.15, 0.2) is 72.8 Å². The van der Waals surface area contributed by atoms with E-state index in [4.69, 9.17) is 9.47 Å². The molecule has 31 heavy (non-hydrogen) atoms. The lowest BCUT2D eigenvalue weighted by Gasteiger charge is -2.08. The van der Waals surface area contributed by atoms with Gasteiger partial charge in [0.2, 0.25) is 0 Å². The monoisotopic (exact) mass is 418 g/mol. The van der Waals surface area contributed by atoms with Crippen molar-refractivity contribution in [2.24, 2.45) is 0 Å². The highest BCUT2D eigenvalue weighted by atomic mass is 16.5. The van der Waals surface area contributed by atoms with Gasteiger partial charge < -0.3 is 14.6 Å². The summed E-state index contributed by atoms with van der Waals surface area (Å²) in [6, 6.07) is 21.3. The molecule has 0 bridgehead atoms. The summed E-state index contributed by atoms with van der Waals surface area (Å²) in [5, 5.41) is 9.40. The van der Waals surface area contributed by atoms with Crippen molar-refractivity contribution in [2.75, 3.05) is 6.61 Å². The summed E-state index contributed by atoms with van der Waals surface area (Å²) in [6.45, 7) is 2.93. The Morgan fingerprint density at radius 3 is 1.90 bits per heavy atom. The number of ether oxygens (including phenoxy) is 2. The van der Waals surface area contributed by atoms with Gasteiger partial charge in [-0.15, -0.1) is 0 Å². The van der Waals surface area contributed by atoms with Gasteiger partial charge in [0.1, 0.15) is 17.2 Å². The molecular weight excluding hydrogens is 388 g/mol. The van der Waals surface area contributed by atoms with Gasteiger partial charge >= 0.3 is 5.97 Å². The maximum atomic E-state index is 12.4. The largest absolute Gasteiger partial charge is 0.508 e. The standard InChI is InChI=1S/C27H30O4/c1-2-3-4-5-6-7-20-30-25-16-18-26(19-17-25)31-27(29)23-10-8-21(9-11-23)22-12-14-24(28)15-13-22/h8-19,28H,2-7,20H2,1H3. The summed E-state index contributed by atoms with van der Waals surface area (Å²) in [4.78, 5) is 12.4. The van der Waals surface area contributed by atoms with E-state index in [1.165, 1.54) is 32.1 Å². The predicted molar refractivity (Wildman–Crippen MR) is 124 cm³/mol. The molecule has 0 amide bonds. The Morgan fingerprint density at radius 1 is 0.710 bits per heavy atom. The Hall–Kier alpha value is -3.27. The molecule has 3 rings (SSSR count). The van der Waals surface area contributed by atoms with E-state index in [1.54, 1.807) is 36.4 Å². The van der Waals surface area contributed by atoms with Crippen LogP contribution in [-0.4, -0.2) is 17.7 Å². The van der Waals surface area contributed by atoms with Gasteiger partial charge in [0, 0.05) is 0 Å². The Balaban J connectivity index is 1.46. The molecule has 4 nitrogen and oxygen atoms in total. The maximum Gasteiger partial charge on any atom is 0.343 e. The minimum absolute atomic E-state index is 0.225. The summed E-state index contributed by atoms with van der Waals surface area (Å²) in [5.41, 5.74) is 2.41. The maximum absolute atomic E-state index is 12.4. The number of carbonyl (C=O) groups excluding carboxylic acids is 1. The first-order valence-electron chi connectivity index (χ1n) is 11.0. The molecule has 3 aromatic rings.